The van der Waals surface area contributed by atoms with Gasteiger partial charge in [0.1, 0.15) is 5.75 Å². The zero-order chi connectivity index (χ0) is 27.2. The van der Waals surface area contributed by atoms with E-state index in [-0.39, 0.29) is 18.5 Å². The molecule has 3 amide bonds. The summed E-state index contributed by atoms with van der Waals surface area (Å²) in [5.74, 6) is 0.0443. The molecule has 1 atom stereocenters. The number of carbonyl (C=O) groups is 3. The van der Waals surface area contributed by atoms with E-state index in [0.717, 1.165) is 0 Å². The summed E-state index contributed by atoms with van der Waals surface area (Å²) < 4.78 is 11.0. The molecule has 1 saturated heterocycles. The zero-order valence-corrected chi connectivity index (χ0v) is 22.7. The number of para-hydroxylation sites is 1. The van der Waals surface area contributed by atoms with E-state index in [1.807, 2.05) is 30.0 Å². The maximum absolute atomic E-state index is 13.3. The summed E-state index contributed by atoms with van der Waals surface area (Å²) in [4.78, 5) is 45.1. The molecule has 2 aliphatic rings. The normalized spacial score (nSPS) is 18.3. The molecule has 0 radical (unpaired) electrons. The van der Waals surface area contributed by atoms with Gasteiger partial charge in [-0.1, -0.05) is 29.8 Å². The van der Waals surface area contributed by atoms with Crippen LogP contribution >= 0.6 is 11.6 Å². The summed E-state index contributed by atoms with van der Waals surface area (Å²) in [5, 5.41) is 3.56. The Labute approximate surface area is 227 Å². The Morgan fingerprint density at radius 3 is 2.34 bits per heavy atom. The van der Waals surface area contributed by atoms with Crippen LogP contribution in [0.15, 0.2) is 59.8 Å². The first-order chi connectivity index (χ1) is 18.4. The van der Waals surface area contributed by atoms with Crippen molar-refractivity contribution in [1.29, 1.82) is 0 Å². The molecule has 2 aromatic rings. The van der Waals surface area contributed by atoms with Gasteiger partial charge in [-0.3, -0.25) is 14.6 Å². The third kappa shape index (κ3) is 5.79. The lowest BCUT2D eigenvalue weighted by Crippen LogP contribution is -2.53. The molecule has 9 nitrogen and oxygen atoms in total. The van der Waals surface area contributed by atoms with E-state index in [1.54, 1.807) is 49.3 Å². The number of halogens is 1. The molecule has 2 aliphatic heterocycles. The maximum atomic E-state index is 13.3. The van der Waals surface area contributed by atoms with Gasteiger partial charge in [-0.15, -0.1) is 0 Å². The SMILES string of the molecule is CCOC(=O)C1=C(CN2CCN(C(=O)c3ccc(Cl)cc3)CC2)N(CC)C(=O)NC1c1ccccc1OC. The van der Waals surface area contributed by atoms with Crippen LogP contribution < -0.4 is 10.1 Å². The average molecular weight is 541 g/mol. The summed E-state index contributed by atoms with van der Waals surface area (Å²) in [6.07, 6.45) is 0. The fourth-order valence-corrected chi connectivity index (χ4v) is 5.02. The number of esters is 1. The third-order valence-electron chi connectivity index (χ3n) is 6.82. The zero-order valence-electron chi connectivity index (χ0n) is 21.9. The molecule has 0 aliphatic carbocycles. The first kappa shape index (κ1) is 27.5. The number of amides is 3. The summed E-state index contributed by atoms with van der Waals surface area (Å²) in [7, 11) is 1.56. The van der Waals surface area contributed by atoms with Crippen LogP contribution in [0.4, 0.5) is 4.79 Å². The molecule has 0 saturated carbocycles. The molecule has 10 heteroatoms. The van der Waals surface area contributed by atoms with Gasteiger partial charge in [-0.2, -0.15) is 0 Å². The van der Waals surface area contributed by atoms with Crippen molar-refractivity contribution in [2.24, 2.45) is 0 Å². The number of piperazine rings is 1. The van der Waals surface area contributed by atoms with Crippen LogP contribution in [-0.2, 0) is 9.53 Å². The Balaban J connectivity index is 1.61. The summed E-state index contributed by atoms with van der Waals surface area (Å²) >= 11 is 5.96. The van der Waals surface area contributed by atoms with Gasteiger partial charge in [0.15, 0.2) is 0 Å². The Hall–Kier alpha value is -3.56. The topological polar surface area (TPSA) is 91.4 Å². The van der Waals surface area contributed by atoms with E-state index in [1.165, 1.54) is 0 Å². The second-order valence-corrected chi connectivity index (χ2v) is 9.46. The Morgan fingerprint density at radius 1 is 1.03 bits per heavy atom. The monoisotopic (exact) mass is 540 g/mol. The predicted molar refractivity (Wildman–Crippen MR) is 144 cm³/mol. The third-order valence-corrected chi connectivity index (χ3v) is 7.08. The van der Waals surface area contributed by atoms with Gasteiger partial charge >= 0.3 is 12.0 Å². The first-order valence-corrected chi connectivity index (χ1v) is 13.1. The molecule has 1 fully saturated rings. The molecule has 202 valence electrons. The summed E-state index contributed by atoms with van der Waals surface area (Å²) in [6, 6.07) is 13.2. The fraction of sp³-hybridized carbons (Fsp3) is 0.393. The average Bonchev–Trinajstić information content (AvgIpc) is 2.93. The van der Waals surface area contributed by atoms with Crippen LogP contribution in [0.25, 0.3) is 0 Å². The Kier molecular flexibility index (Phi) is 8.91. The summed E-state index contributed by atoms with van der Waals surface area (Å²) in [6.45, 7) is 6.83. The van der Waals surface area contributed by atoms with E-state index >= 15 is 0 Å². The van der Waals surface area contributed by atoms with Gasteiger partial charge in [-0.25, -0.2) is 9.59 Å². The minimum Gasteiger partial charge on any atom is -0.496 e. The molecule has 2 aromatic carbocycles. The lowest BCUT2D eigenvalue weighted by molar-refractivity contribution is -0.139. The van der Waals surface area contributed by atoms with Crippen LogP contribution in [0, 0.1) is 0 Å². The molecular formula is C28H33ClN4O5. The minimum absolute atomic E-state index is 0.0452. The van der Waals surface area contributed by atoms with Crippen molar-refractivity contribution < 1.29 is 23.9 Å². The number of hydrogen-bond acceptors (Lipinski definition) is 6. The highest BCUT2D eigenvalue weighted by atomic mass is 35.5. The minimum atomic E-state index is -0.719. The van der Waals surface area contributed by atoms with Crippen molar-refractivity contribution in [1.82, 2.24) is 20.0 Å². The Bertz CT molecular complexity index is 1210. The maximum Gasteiger partial charge on any atom is 0.338 e. The molecule has 1 unspecified atom stereocenters. The lowest BCUT2D eigenvalue weighted by Gasteiger charge is -2.40. The van der Waals surface area contributed by atoms with E-state index < -0.39 is 12.0 Å². The number of urea groups is 1. The summed E-state index contributed by atoms with van der Waals surface area (Å²) in [5.41, 5.74) is 2.26. The van der Waals surface area contributed by atoms with Crippen molar-refractivity contribution in [2.45, 2.75) is 19.9 Å². The number of likely N-dealkylation sites (N-methyl/N-ethyl adjacent to an activating group) is 1. The molecule has 0 aromatic heterocycles. The smallest absolute Gasteiger partial charge is 0.338 e. The number of nitrogens with zero attached hydrogens (tertiary/aromatic N) is 3. The van der Waals surface area contributed by atoms with Crippen molar-refractivity contribution in [3.63, 3.8) is 0 Å². The molecule has 2 heterocycles. The quantitative estimate of drug-likeness (QED) is 0.513. The molecule has 4 rings (SSSR count). The molecule has 0 bridgehead atoms. The van der Waals surface area contributed by atoms with Crippen molar-refractivity contribution in [3.05, 3.63) is 76.0 Å². The van der Waals surface area contributed by atoms with Crippen LogP contribution in [0.1, 0.15) is 35.8 Å². The van der Waals surface area contributed by atoms with Crippen LogP contribution in [-0.4, -0.2) is 85.6 Å². The standard InChI is InChI=1S/C28H33ClN4O5/c1-4-33-22(18-31-14-16-32(17-15-31)26(34)19-10-12-20(29)13-11-19)24(27(35)38-5-2)25(30-28(33)36)21-8-6-7-9-23(21)37-3/h6-13,25H,4-5,14-18H2,1-3H3,(H,30,36). The van der Waals surface area contributed by atoms with Crippen molar-refractivity contribution >= 4 is 29.5 Å². The van der Waals surface area contributed by atoms with Gasteiger partial charge in [0.25, 0.3) is 5.91 Å². The number of carbonyl (C=O) groups excluding carboxylic acids is 3. The van der Waals surface area contributed by atoms with E-state index in [2.05, 4.69) is 10.2 Å². The van der Waals surface area contributed by atoms with Crippen LogP contribution in [0.3, 0.4) is 0 Å². The van der Waals surface area contributed by atoms with Gasteiger partial charge in [0, 0.05) is 61.1 Å². The van der Waals surface area contributed by atoms with Gasteiger partial charge in [0.2, 0.25) is 0 Å². The number of rotatable bonds is 8. The van der Waals surface area contributed by atoms with E-state index in [4.69, 9.17) is 21.1 Å². The molecule has 1 N–H and O–H groups in total. The largest absolute Gasteiger partial charge is 0.496 e. The molecule has 0 spiro atoms. The highest BCUT2D eigenvalue weighted by Gasteiger charge is 2.39. The number of hydrogen-bond donors (Lipinski definition) is 1. The van der Waals surface area contributed by atoms with Crippen LogP contribution in [0.2, 0.25) is 5.02 Å². The fourth-order valence-electron chi connectivity index (χ4n) is 4.89. The number of benzene rings is 2. The van der Waals surface area contributed by atoms with E-state index in [0.29, 0.717) is 72.4 Å². The Morgan fingerprint density at radius 2 is 1.71 bits per heavy atom. The predicted octanol–water partition coefficient (Wildman–Crippen LogP) is 3.71. The van der Waals surface area contributed by atoms with Gasteiger partial charge in [0.05, 0.1) is 25.3 Å². The molecular weight excluding hydrogens is 508 g/mol. The second kappa shape index (κ2) is 12.3. The highest BCUT2D eigenvalue weighted by molar-refractivity contribution is 6.30. The lowest BCUT2D eigenvalue weighted by atomic mass is 9.93. The first-order valence-electron chi connectivity index (χ1n) is 12.8. The number of ether oxygens (including phenoxy) is 2. The molecule has 38 heavy (non-hydrogen) atoms. The highest BCUT2D eigenvalue weighted by Crippen LogP contribution is 2.36. The van der Waals surface area contributed by atoms with Crippen molar-refractivity contribution in [2.75, 3.05) is 53.0 Å². The number of nitrogens with one attached hydrogen (secondary N) is 1. The van der Waals surface area contributed by atoms with Crippen molar-refractivity contribution in [3.8, 4) is 5.75 Å². The van der Waals surface area contributed by atoms with Gasteiger partial charge < -0.3 is 19.7 Å². The van der Waals surface area contributed by atoms with Crippen LogP contribution in [0.5, 0.6) is 5.75 Å². The van der Waals surface area contributed by atoms with E-state index in [9.17, 15) is 14.4 Å². The van der Waals surface area contributed by atoms with Gasteiger partial charge in [-0.05, 0) is 44.2 Å². The number of methoxy groups -OCH3 is 1. The second-order valence-electron chi connectivity index (χ2n) is 9.02.